The predicted molar refractivity (Wildman–Crippen MR) is 71.4 cm³/mol. The van der Waals surface area contributed by atoms with Gasteiger partial charge in [-0.2, -0.15) is 13.2 Å². The van der Waals surface area contributed by atoms with E-state index in [9.17, 15) is 22.4 Å². The van der Waals surface area contributed by atoms with Gasteiger partial charge < -0.3 is 0 Å². The summed E-state index contributed by atoms with van der Waals surface area (Å²) in [5.74, 6) is -1.16. The molecule has 116 valence electrons. The molecule has 1 aliphatic rings. The van der Waals surface area contributed by atoms with Crippen molar-refractivity contribution < 1.29 is 22.4 Å². The van der Waals surface area contributed by atoms with Gasteiger partial charge in [0.2, 0.25) is 0 Å². The summed E-state index contributed by atoms with van der Waals surface area (Å²) in [6.45, 7) is 4.09. The number of hydrogen-bond donors (Lipinski definition) is 0. The Morgan fingerprint density at radius 2 is 1.67 bits per heavy atom. The lowest BCUT2D eigenvalue weighted by Crippen LogP contribution is -2.26. The van der Waals surface area contributed by atoms with Gasteiger partial charge in [0.05, 0.1) is 5.56 Å². The van der Waals surface area contributed by atoms with Gasteiger partial charge in [0.15, 0.2) is 5.78 Å². The highest BCUT2D eigenvalue weighted by molar-refractivity contribution is 5.98. The predicted octanol–water partition coefficient (Wildman–Crippen LogP) is 5.10. The van der Waals surface area contributed by atoms with Crippen molar-refractivity contribution in [1.29, 1.82) is 0 Å². The van der Waals surface area contributed by atoms with Gasteiger partial charge in [-0.1, -0.05) is 13.8 Å². The van der Waals surface area contributed by atoms with Gasteiger partial charge in [0.25, 0.3) is 0 Å². The second-order valence-electron chi connectivity index (χ2n) is 6.17. The molecule has 1 aliphatic carbocycles. The highest BCUT2D eigenvalue weighted by Gasteiger charge is 2.36. The van der Waals surface area contributed by atoms with Crippen LogP contribution in [0.1, 0.15) is 49.0 Å². The van der Waals surface area contributed by atoms with Crippen molar-refractivity contribution in [3.8, 4) is 0 Å². The lowest BCUT2D eigenvalue weighted by Gasteiger charge is -2.30. The smallest absolute Gasteiger partial charge is 0.294 e. The molecule has 0 saturated heterocycles. The number of carbonyl (C=O) groups excluding carboxylic acids is 1. The fourth-order valence-electron chi connectivity index (χ4n) is 3.29. The third kappa shape index (κ3) is 3.63. The van der Waals surface area contributed by atoms with Crippen LogP contribution in [0.3, 0.4) is 0 Å². The Bertz CT molecular complexity index is 526. The molecular formula is C16H18F4O. The average molecular weight is 302 g/mol. The summed E-state index contributed by atoms with van der Waals surface area (Å²) in [4.78, 5) is 12.4. The van der Waals surface area contributed by atoms with E-state index >= 15 is 0 Å². The zero-order chi connectivity index (χ0) is 15.8. The lowest BCUT2D eigenvalue weighted by molar-refractivity contribution is -0.140. The van der Waals surface area contributed by atoms with Gasteiger partial charge in [-0.05, 0) is 49.3 Å². The minimum absolute atomic E-state index is 0.0463. The van der Waals surface area contributed by atoms with E-state index in [0.717, 1.165) is 18.6 Å². The molecule has 2 unspecified atom stereocenters. The number of benzene rings is 1. The average Bonchev–Trinajstić information content (AvgIpc) is 2.36. The molecule has 21 heavy (non-hydrogen) atoms. The molecule has 0 radical (unpaired) electrons. The molecule has 0 aromatic heterocycles. The summed E-state index contributed by atoms with van der Waals surface area (Å²) < 4.78 is 51.4. The van der Waals surface area contributed by atoms with Crippen LogP contribution in [0, 0.1) is 23.6 Å². The van der Waals surface area contributed by atoms with E-state index < -0.39 is 17.6 Å². The highest BCUT2D eigenvalue weighted by atomic mass is 19.4. The maximum absolute atomic E-state index is 13.3. The van der Waals surface area contributed by atoms with Crippen molar-refractivity contribution in [2.75, 3.05) is 0 Å². The zero-order valence-corrected chi connectivity index (χ0v) is 12.0. The number of rotatable bonds is 2. The third-order valence-electron chi connectivity index (χ3n) is 4.11. The Kier molecular flexibility index (Phi) is 4.40. The van der Waals surface area contributed by atoms with Crippen molar-refractivity contribution in [2.45, 2.75) is 39.3 Å². The Morgan fingerprint density at radius 3 is 2.19 bits per heavy atom. The molecule has 1 aromatic carbocycles. The Morgan fingerprint density at radius 1 is 1.10 bits per heavy atom. The first-order chi connectivity index (χ1) is 9.68. The van der Waals surface area contributed by atoms with E-state index in [4.69, 9.17) is 0 Å². The van der Waals surface area contributed by atoms with Crippen molar-refractivity contribution >= 4 is 5.78 Å². The van der Waals surface area contributed by atoms with Crippen molar-refractivity contribution in [3.63, 3.8) is 0 Å². The molecule has 2 rings (SSSR count). The lowest BCUT2D eigenvalue weighted by atomic mass is 9.74. The minimum Gasteiger partial charge on any atom is -0.294 e. The van der Waals surface area contributed by atoms with Crippen LogP contribution >= 0.6 is 0 Å². The number of Topliss-reactive ketones (excluding diaryl/α,β-unsaturated/α-hetero) is 1. The van der Waals surface area contributed by atoms with Crippen LogP contribution in [-0.2, 0) is 6.18 Å². The van der Waals surface area contributed by atoms with Crippen LogP contribution < -0.4 is 0 Å². The number of ketones is 1. The van der Waals surface area contributed by atoms with Crippen LogP contribution in [-0.4, -0.2) is 5.78 Å². The van der Waals surface area contributed by atoms with Gasteiger partial charge in [-0.25, -0.2) is 4.39 Å². The minimum atomic E-state index is -4.78. The number of carbonyl (C=O) groups is 1. The quantitative estimate of drug-likeness (QED) is 0.548. The fraction of sp³-hybridized carbons (Fsp3) is 0.562. The van der Waals surface area contributed by atoms with Crippen molar-refractivity contribution in [3.05, 3.63) is 35.1 Å². The van der Waals surface area contributed by atoms with Crippen molar-refractivity contribution in [2.24, 2.45) is 17.8 Å². The van der Waals surface area contributed by atoms with E-state index in [1.807, 2.05) is 13.8 Å². The number of halogens is 4. The summed E-state index contributed by atoms with van der Waals surface area (Å²) >= 11 is 0. The third-order valence-corrected chi connectivity index (χ3v) is 4.11. The van der Waals surface area contributed by atoms with E-state index in [1.165, 1.54) is 0 Å². The molecule has 2 atom stereocenters. The molecular weight excluding hydrogens is 284 g/mol. The molecule has 0 aliphatic heterocycles. The Hall–Kier alpha value is -1.39. The second kappa shape index (κ2) is 5.78. The summed E-state index contributed by atoms with van der Waals surface area (Å²) in [5.41, 5.74) is -1.42. The summed E-state index contributed by atoms with van der Waals surface area (Å²) in [6.07, 6.45) is -2.39. The SMILES string of the molecule is CC1CC(C)CC(C(=O)c2ccc(F)c(C(F)(F)F)c2)C1. The molecule has 0 bridgehead atoms. The molecule has 1 aromatic rings. The van der Waals surface area contributed by atoms with E-state index in [-0.39, 0.29) is 17.3 Å². The van der Waals surface area contributed by atoms with E-state index in [1.54, 1.807) is 0 Å². The molecule has 0 heterocycles. The van der Waals surface area contributed by atoms with Crippen LogP contribution in [0.2, 0.25) is 0 Å². The van der Waals surface area contributed by atoms with E-state index in [0.29, 0.717) is 30.7 Å². The Balaban J connectivity index is 2.27. The summed E-state index contributed by atoms with van der Waals surface area (Å²) in [5, 5.41) is 0. The molecule has 0 spiro atoms. The summed E-state index contributed by atoms with van der Waals surface area (Å²) in [7, 11) is 0. The van der Waals surface area contributed by atoms with Gasteiger partial charge in [0, 0.05) is 11.5 Å². The summed E-state index contributed by atoms with van der Waals surface area (Å²) in [6, 6.07) is 2.52. The number of alkyl halides is 3. The first kappa shape index (κ1) is 16.0. The molecule has 1 saturated carbocycles. The molecule has 1 nitrogen and oxygen atoms in total. The normalized spacial score (nSPS) is 26.7. The zero-order valence-electron chi connectivity index (χ0n) is 12.0. The first-order valence-electron chi connectivity index (χ1n) is 7.09. The van der Waals surface area contributed by atoms with Crippen LogP contribution in [0.5, 0.6) is 0 Å². The topological polar surface area (TPSA) is 17.1 Å². The van der Waals surface area contributed by atoms with Crippen LogP contribution in [0.15, 0.2) is 18.2 Å². The van der Waals surface area contributed by atoms with Crippen molar-refractivity contribution in [1.82, 2.24) is 0 Å². The standard InChI is InChI=1S/C16H18F4O/c1-9-5-10(2)7-12(6-9)15(21)11-3-4-14(17)13(8-11)16(18,19)20/h3-4,8-10,12H,5-7H2,1-2H3. The number of hydrogen-bond acceptors (Lipinski definition) is 1. The van der Waals surface area contributed by atoms with E-state index in [2.05, 4.69) is 0 Å². The first-order valence-corrected chi connectivity index (χ1v) is 7.09. The van der Waals surface area contributed by atoms with Gasteiger partial charge in [-0.15, -0.1) is 0 Å². The van der Waals surface area contributed by atoms with Gasteiger partial charge in [0.1, 0.15) is 5.82 Å². The van der Waals surface area contributed by atoms with Gasteiger partial charge >= 0.3 is 6.18 Å². The molecule has 5 heteroatoms. The van der Waals surface area contributed by atoms with Crippen LogP contribution in [0.4, 0.5) is 17.6 Å². The molecule has 1 fully saturated rings. The second-order valence-corrected chi connectivity index (χ2v) is 6.17. The fourth-order valence-corrected chi connectivity index (χ4v) is 3.29. The van der Waals surface area contributed by atoms with Crippen LogP contribution in [0.25, 0.3) is 0 Å². The Labute approximate surface area is 121 Å². The van der Waals surface area contributed by atoms with Gasteiger partial charge in [-0.3, -0.25) is 4.79 Å². The maximum Gasteiger partial charge on any atom is 0.419 e. The molecule has 0 N–H and O–H groups in total. The molecule has 0 amide bonds. The highest BCUT2D eigenvalue weighted by Crippen LogP contribution is 2.36. The largest absolute Gasteiger partial charge is 0.419 e. The monoisotopic (exact) mass is 302 g/mol. The maximum atomic E-state index is 13.3.